The van der Waals surface area contributed by atoms with Crippen LogP contribution in [0.3, 0.4) is 0 Å². The van der Waals surface area contributed by atoms with E-state index in [9.17, 15) is 4.79 Å². The Hall–Kier alpha value is -1.72. The molecular weight excluding hydrogens is 269 g/mol. The minimum absolute atomic E-state index is 0.259. The summed E-state index contributed by atoms with van der Waals surface area (Å²) in [5.41, 5.74) is 7.50. The molecule has 0 saturated heterocycles. The molecule has 0 amide bonds. The topological polar surface area (TPSA) is 52.3 Å². The average Bonchev–Trinajstić information content (AvgIpc) is 2.53. The maximum Gasteiger partial charge on any atom is 0.429 e. The molecule has 0 unspecified atom stereocenters. The van der Waals surface area contributed by atoms with E-state index in [-0.39, 0.29) is 5.75 Å². The Morgan fingerprint density at radius 1 is 1.05 bits per heavy atom. The van der Waals surface area contributed by atoms with Gasteiger partial charge in [-0.15, -0.1) is 0 Å². The van der Waals surface area contributed by atoms with Crippen molar-refractivity contribution in [3.05, 3.63) is 60.7 Å². The highest BCUT2D eigenvalue weighted by atomic mass is 32.1. The van der Waals surface area contributed by atoms with Crippen molar-refractivity contribution in [2.45, 2.75) is 6.04 Å². The molecule has 0 aromatic heterocycles. The van der Waals surface area contributed by atoms with E-state index in [0.29, 0.717) is 0 Å². The molecular formula is C15H16BNO2S. The number of carbonyl (C=O) groups is 1. The van der Waals surface area contributed by atoms with Crippen LogP contribution in [0.25, 0.3) is 0 Å². The van der Waals surface area contributed by atoms with Crippen LogP contribution in [-0.2, 0) is 9.45 Å². The van der Waals surface area contributed by atoms with Gasteiger partial charge >= 0.3 is 12.9 Å². The third-order valence-corrected chi connectivity index (χ3v) is 3.33. The number of thiol groups is 1. The van der Waals surface area contributed by atoms with Crippen LogP contribution in [0.5, 0.6) is 0 Å². The van der Waals surface area contributed by atoms with Crippen LogP contribution in [0.4, 0.5) is 0 Å². The molecule has 1 atom stereocenters. The van der Waals surface area contributed by atoms with Crippen LogP contribution in [0.15, 0.2) is 60.7 Å². The fraction of sp³-hybridized carbons (Fsp3) is 0.133. The highest BCUT2D eigenvalue weighted by Crippen LogP contribution is 1.98. The molecule has 5 heteroatoms. The molecule has 102 valence electrons. The van der Waals surface area contributed by atoms with Crippen molar-refractivity contribution in [2.24, 2.45) is 5.73 Å². The van der Waals surface area contributed by atoms with E-state index >= 15 is 0 Å². The molecule has 0 aliphatic carbocycles. The van der Waals surface area contributed by atoms with Gasteiger partial charge in [0.1, 0.15) is 6.04 Å². The first kappa shape index (κ1) is 14.7. The SMILES string of the molecule is N[C@H](CS)C(=O)OB(c1ccccc1)c1ccccc1. The molecule has 2 N–H and O–H groups in total. The number of rotatable bonds is 5. The second-order valence-corrected chi connectivity index (χ2v) is 4.79. The highest BCUT2D eigenvalue weighted by molar-refractivity contribution is 7.80. The summed E-state index contributed by atoms with van der Waals surface area (Å²) in [6.45, 7) is -0.448. The molecule has 0 saturated carbocycles. The molecule has 0 aliphatic heterocycles. The van der Waals surface area contributed by atoms with Crippen LogP contribution >= 0.6 is 12.6 Å². The first-order valence-corrected chi connectivity index (χ1v) is 7.02. The van der Waals surface area contributed by atoms with Gasteiger partial charge in [-0.2, -0.15) is 12.6 Å². The quantitative estimate of drug-likeness (QED) is 0.624. The van der Waals surface area contributed by atoms with Crippen molar-refractivity contribution in [3.63, 3.8) is 0 Å². The predicted octanol–water partition coefficient (Wildman–Crippen LogP) is 0.593. The number of hydrogen-bond acceptors (Lipinski definition) is 4. The minimum Gasteiger partial charge on any atom is -0.525 e. The van der Waals surface area contributed by atoms with E-state index in [4.69, 9.17) is 10.4 Å². The van der Waals surface area contributed by atoms with Gasteiger partial charge in [-0.3, -0.25) is 4.79 Å². The fourth-order valence-electron chi connectivity index (χ4n) is 1.86. The molecule has 0 heterocycles. The van der Waals surface area contributed by atoms with E-state index in [2.05, 4.69) is 12.6 Å². The van der Waals surface area contributed by atoms with Crippen molar-refractivity contribution in [2.75, 3.05) is 5.75 Å². The summed E-state index contributed by atoms with van der Waals surface area (Å²) in [6, 6.07) is 18.5. The van der Waals surface area contributed by atoms with Crippen LogP contribution in [0.1, 0.15) is 0 Å². The lowest BCUT2D eigenvalue weighted by Gasteiger charge is -2.17. The minimum atomic E-state index is -0.715. The zero-order valence-electron chi connectivity index (χ0n) is 11.0. The smallest absolute Gasteiger partial charge is 0.429 e. The Balaban J connectivity index is 2.28. The van der Waals surface area contributed by atoms with E-state index in [1.807, 2.05) is 60.7 Å². The van der Waals surface area contributed by atoms with E-state index in [1.54, 1.807) is 0 Å². The van der Waals surface area contributed by atoms with Gasteiger partial charge < -0.3 is 10.4 Å². The molecule has 3 nitrogen and oxygen atoms in total. The van der Waals surface area contributed by atoms with E-state index in [1.165, 1.54) is 0 Å². The Kier molecular flexibility index (Phi) is 5.27. The van der Waals surface area contributed by atoms with Gasteiger partial charge in [0.05, 0.1) is 0 Å². The van der Waals surface area contributed by atoms with Gasteiger partial charge in [-0.05, 0) is 10.9 Å². The summed E-state index contributed by atoms with van der Waals surface area (Å²) in [6.07, 6.45) is 0. The lowest BCUT2D eigenvalue weighted by atomic mass is 9.55. The summed E-state index contributed by atoms with van der Waals surface area (Å²) >= 11 is 4.03. The highest BCUT2D eigenvalue weighted by Gasteiger charge is 2.27. The van der Waals surface area contributed by atoms with E-state index in [0.717, 1.165) is 10.9 Å². The first-order chi connectivity index (χ1) is 9.72. The van der Waals surface area contributed by atoms with Crippen LogP contribution in [-0.4, -0.2) is 24.7 Å². The van der Waals surface area contributed by atoms with Gasteiger partial charge in [0, 0.05) is 5.75 Å². The lowest BCUT2D eigenvalue weighted by molar-refractivity contribution is -0.135. The average molecular weight is 285 g/mol. The van der Waals surface area contributed by atoms with Gasteiger partial charge in [0.15, 0.2) is 0 Å². The summed E-state index contributed by atoms with van der Waals surface area (Å²) in [4.78, 5) is 11.9. The van der Waals surface area contributed by atoms with Crippen LogP contribution < -0.4 is 16.7 Å². The molecule has 2 aromatic carbocycles. The molecule has 0 aliphatic rings. The Bertz CT molecular complexity index is 511. The normalized spacial score (nSPS) is 11.7. The molecule has 0 fully saturated rings. The second-order valence-electron chi connectivity index (χ2n) is 4.43. The fourth-order valence-corrected chi connectivity index (χ4v) is 2.01. The number of nitrogens with two attached hydrogens (primary N) is 1. The van der Waals surface area contributed by atoms with Gasteiger partial charge in [0.2, 0.25) is 0 Å². The monoisotopic (exact) mass is 285 g/mol. The standard InChI is InChI=1S/C15H16BNO2S/c17-14(11-20)15(18)19-16(12-7-3-1-4-8-12)13-9-5-2-6-10-13/h1-10,14,20H,11,17H2/t14-/m1/s1. The van der Waals surface area contributed by atoms with Crippen molar-refractivity contribution in [1.82, 2.24) is 0 Å². The number of carbonyl (C=O) groups excluding carboxylic acids is 1. The maximum absolute atomic E-state index is 11.9. The largest absolute Gasteiger partial charge is 0.525 e. The van der Waals surface area contributed by atoms with Gasteiger partial charge in [-0.1, -0.05) is 60.7 Å². The zero-order chi connectivity index (χ0) is 14.4. The predicted molar refractivity (Wildman–Crippen MR) is 85.8 cm³/mol. The molecule has 2 aromatic rings. The zero-order valence-corrected chi connectivity index (χ0v) is 11.9. The summed E-state index contributed by atoms with van der Waals surface area (Å²) in [5.74, 6) is -0.188. The first-order valence-electron chi connectivity index (χ1n) is 6.39. The molecule has 0 spiro atoms. The van der Waals surface area contributed by atoms with Crippen molar-refractivity contribution >= 4 is 36.4 Å². The van der Waals surface area contributed by atoms with Gasteiger partial charge in [-0.25, -0.2) is 0 Å². The second kappa shape index (κ2) is 7.17. The third-order valence-electron chi connectivity index (χ3n) is 2.94. The van der Waals surface area contributed by atoms with Crippen molar-refractivity contribution < 1.29 is 9.45 Å². The van der Waals surface area contributed by atoms with E-state index < -0.39 is 18.9 Å². The molecule has 0 radical (unpaired) electrons. The summed E-state index contributed by atoms with van der Waals surface area (Å²) in [7, 11) is 0. The maximum atomic E-state index is 11.9. The Morgan fingerprint density at radius 3 is 1.90 bits per heavy atom. The van der Waals surface area contributed by atoms with Crippen molar-refractivity contribution in [3.8, 4) is 0 Å². The Morgan fingerprint density at radius 2 is 1.50 bits per heavy atom. The third kappa shape index (κ3) is 3.65. The number of hydrogen-bond donors (Lipinski definition) is 2. The van der Waals surface area contributed by atoms with Gasteiger partial charge in [0.25, 0.3) is 0 Å². The van der Waals surface area contributed by atoms with Crippen LogP contribution in [0, 0.1) is 0 Å². The lowest BCUT2D eigenvalue weighted by Crippen LogP contribution is -2.49. The number of benzene rings is 2. The Labute approximate surface area is 124 Å². The summed E-state index contributed by atoms with van der Waals surface area (Å²) in [5, 5.41) is 0. The summed E-state index contributed by atoms with van der Waals surface area (Å²) < 4.78 is 5.56. The van der Waals surface area contributed by atoms with Crippen LogP contribution in [0.2, 0.25) is 0 Å². The molecule has 2 rings (SSSR count). The molecule has 20 heavy (non-hydrogen) atoms. The van der Waals surface area contributed by atoms with Crippen molar-refractivity contribution in [1.29, 1.82) is 0 Å². The molecule has 0 bridgehead atoms.